The number of hydrogen-bond donors (Lipinski definition) is 1. The van der Waals surface area contributed by atoms with Gasteiger partial charge in [0, 0.05) is 6.61 Å². The third-order valence-corrected chi connectivity index (χ3v) is 3.31. The van der Waals surface area contributed by atoms with Crippen molar-refractivity contribution in [3.05, 3.63) is 34.9 Å². The molecule has 1 saturated heterocycles. The first-order valence-electron chi connectivity index (χ1n) is 6.50. The van der Waals surface area contributed by atoms with Crippen LogP contribution in [0.25, 0.3) is 0 Å². The van der Waals surface area contributed by atoms with E-state index in [0.717, 1.165) is 32.3 Å². The maximum atomic E-state index is 10.1. The van der Waals surface area contributed by atoms with E-state index in [1.54, 1.807) is 0 Å². The molecule has 2 atom stereocenters. The Morgan fingerprint density at radius 2 is 2.00 bits per heavy atom. The molecule has 1 fully saturated rings. The Kier molecular flexibility index (Phi) is 4.19. The maximum absolute atomic E-state index is 10.1. The molecule has 1 aromatic rings. The average molecular weight is 234 g/mol. The second kappa shape index (κ2) is 5.65. The molecular weight excluding hydrogens is 212 g/mol. The summed E-state index contributed by atoms with van der Waals surface area (Å²) in [6.07, 6.45) is 3.75. The average Bonchev–Trinajstić information content (AvgIpc) is 2.67. The van der Waals surface area contributed by atoms with E-state index in [9.17, 15) is 5.11 Å². The first-order chi connectivity index (χ1) is 8.13. The molecule has 2 unspecified atom stereocenters. The Hall–Kier alpha value is -0.860. The highest BCUT2D eigenvalue weighted by Gasteiger charge is 2.19. The molecule has 0 aromatic heterocycles. The van der Waals surface area contributed by atoms with Crippen LogP contribution >= 0.6 is 0 Å². The smallest absolute Gasteiger partial charge is 0.0605 e. The van der Waals surface area contributed by atoms with Crippen LogP contribution in [0.15, 0.2) is 18.2 Å². The zero-order valence-electron chi connectivity index (χ0n) is 10.8. The first-order valence-corrected chi connectivity index (χ1v) is 6.50. The van der Waals surface area contributed by atoms with Gasteiger partial charge in [0.2, 0.25) is 0 Å². The molecule has 94 valence electrons. The Balaban J connectivity index is 1.90. The molecule has 1 aliphatic heterocycles. The molecule has 1 aliphatic rings. The van der Waals surface area contributed by atoms with Crippen LogP contribution < -0.4 is 0 Å². The highest BCUT2D eigenvalue weighted by molar-refractivity contribution is 5.28. The van der Waals surface area contributed by atoms with Gasteiger partial charge in [0.15, 0.2) is 0 Å². The molecule has 0 amide bonds. The predicted octanol–water partition coefficient (Wildman–Crippen LogP) is 2.78. The second-order valence-corrected chi connectivity index (χ2v) is 5.22. The van der Waals surface area contributed by atoms with Gasteiger partial charge >= 0.3 is 0 Å². The number of aliphatic hydroxyl groups is 1. The van der Waals surface area contributed by atoms with Crippen LogP contribution in [0.1, 0.15) is 36.0 Å². The van der Waals surface area contributed by atoms with Gasteiger partial charge in [-0.25, -0.2) is 0 Å². The van der Waals surface area contributed by atoms with Crippen LogP contribution in [-0.4, -0.2) is 23.9 Å². The van der Waals surface area contributed by atoms with Crippen LogP contribution in [0.5, 0.6) is 0 Å². The van der Waals surface area contributed by atoms with Gasteiger partial charge in [0.1, 0.15) is 0 Å². The lowest BCUT2D eigenvalue weighted by Crippen LogP contribution is -2.19. The lowest BCUT2D eigenvalue weighted by molar-refractivity contribution is 0.0541. The summed E-state index contributed by atoms with van der Waals surface area (Å²) in [6, 6.07) is 6.48. The topological polar surface area (TPSA) is 29.5 Å². The summed E-state index contributed by atoms with van der Waals surface area (Å²) < 4.78 is 5.55. The number of aliphatic hydroxyl groups excluding tert-OH is 1. The van der Waals surface area contributed by atoms with E-state index in [2.05, 4.69) is 32.0 Å². The fourth-order valence-corrected chi connectivity index (χ4v) is 2.68. The minimum atomic E-state index is -0.278. The lowest BCUT2D eigenvalue weighted by Gasteiger charge is -2.15. The maximum Gasteiger partial charge on any atom is 0.0605 e. The van der Waals surface area contributed by atoms with Crippen molar-refractivity contribution in [2.45, 2.75) is 51.7 Å². The molecule has 0 spiro atoms. The molecule has 1 heterocycles. The second-order valence-electron chi connectivity index (χ2n) is 5.22. The van der Waals surface area contributed by atoms with E-state index >= 15 is 0 Å². The van der Waals surface area contributed by atoms with E-state index in [1.165, 1.54) is 16.7 Å². The number of rotatable bonds is 4. The number of aryl methyl sites for hydroxylation is 2. The van der Waals surface area contributed by atoms with Crippen LogP contribution in [0.4, 0.5) is 0 Å². The minimum Gasteiger partial charge on any atom is -0.393 e. The monoisotopic (exact) mass is 234 g/mol. The number of hydrogen-bond acceptors (Lipinski definition) is 2. The summed E-state index contributed by atoms with van der Waals surface area (Å²) >= 11 is 0. The molecular formula is C15H22O2. The molecule has 1 aromatic carbocycles. The van der Waals surface area contributed by atoms with Crippen molar-refractivity contribution in [1.82, 2.24) is 0 Å². The Morgan fingerprint density at radius 1 is 1.29 bits per heavy atom. The Bertz CT molecular complexity index is 347. The summed E-state index contributed by atoms with van der Waals surface area (Å²) in [5, 5.41) is 10.1. The van der Waals surface area contributed by atoms with Crippen molar-refractivity contribution in [1.29, 1.82) is 0 Å². The van der Waals surface area contributed by atoms with Crippen LogP contribution in [0, 0.1) is 13.8 Å². The lowest BCUT2D eigenvalue weighted by atomic mass is 9.99. The van der Waals surface area contributed by atoms with Gasteiger partial charge in [-0.2, -0.15) is 0 Å². The van der Waals surface area contributed by atoms with Gasteiger partial charge in [0.05, 0.1) is 12.2 Å². The predicted molar refractivity (Wildman–Crippen MR) is 69.2 cm³/mol. The Morgan fingerprint density at radius 3 is 2.59 bits per heavy atom. The standard InChI is InChI=1S/C15H22O2/c1-11-6-12(2)8-13(7-11)9-14(16)10-15-4-3-5-17-15/h6-8,14-16H,3-5,9-10H2,1-2H3. The van der Waals surface area contributed by atoms with Crippen LogP contribution in [-0.2, 0) is 11.2 Å². The fourth-order valence-electron chi connectivity index (χ4n) is 2.68. The zero-order chi connectivity index (χ0) is 12.3. The third kappa shape index (κ3) is 3.83. The van der Waals surface area contributed by atoms with Gasteiger partial charge in [-0.3, -0.25) is 0 Å². The molecule has 0 saturated carbocycles. The van der Waals surface area contributed by atoms with E-state index in [1.807, 2.05) is 0 Å². The van der Waals surface area contributed by atoms with Gasteiger partial charge in [0.25, 0.3) is 0 Å². The molecule has 2 nitrogen and oxygen atoms in total. The highest BCUT2D eigenvalue weighted by atomic mass is 16.5. The van der Waals surface area contributed by atoms with E-state index in [4.69, 9.17) is 4.74 Å². The van der Waals surface area contributed by atoms with Crippen LogP contribution in [0.2, 0.25) is 0 Å². The number of ether oxygens (including phenoxy) is 1. The molecule has 2 rings (SSSR count). The first kappa shape index (κ1) is 12.6. The van der Waals surface area contributed by atoms with Crippen molar-refractivity contribution in [3.63, 3.8) is 0 Å². The van der Waals surface area contributed by atoms with Crippen LogP contribution in [0.3, 0.4) is 0 Å². The van der Waals surface area contributed by atoms with Crippen molar-refractivity contribution in [2.75, 3.05) is 6.61 Å². The van der Waals surface area contributed by atoms with Crippen molar-refractivity contribution in [3.8, 4) is 0 Å². The normalized spacial score (nSPS) is 21.7. The third-order valence-electron chi connectivity index (χ3n) is 3.31. The van der Waals surface area contributed by atoms with Crippen molar-refractivity contribution in [2.24, 2.45) is 0 Å². The van der Waals surface area contributed by atoms with Crippen molar-refractivity contribution >= 4 is 0 Å². The van der Waals surface area contributed by atoms with Crippen molar-refractivity contribution < 1.29 is 9.84 Å². The minimum absolute atomic E-state index is 0.274. The Labute approximate surface area is 104 Å². The highest BCUT2D eigenvalue weighted by Crippen LogP contribution is 2.19. The van der Waals surface area contributed by atoms with E-state index in [-0.39, 0.29) is 12.2 Å². The van der Waals surface area contributed by atoms with Gasteiger partial charge < -0.3 is 9.84 Å². The summed E-state index contributed by atoms with van der Waals surface area (Å²) in [5.41, 5.74) is 3.77. The fraction of sp³-hybridized carbons (Fsp3) is 0.600. The zero-order valence-corrected chi connectivity index (χ0v) is 10.8. The molecule has 0 radical (unpaired) electrons. The van der Waals surface area contributed by atoms with Gasteiger partial charge in [-0.1, -0.05) is 29.3 Å². The van der Waals surface area contributed by atoms with Gasteiger partial charge in [-0.05, 0) is 45.1 Å². The molecule has 1 N–H and O–H groups in total. The largest absolute Gasteiger partial charge is 0.393 e. The molecule has 0 bridgehead atoms. The number of benzene rings is 1. The summed E-state index contributed by atoms with van der Waals surface area (Å²) in [7, 11) is 0. The molecule has 2 heteroatoms. The summed E-state index contributed by atoms with van der Waals surface area (Å²) in [4.78, 5) is 0. The summed E-state index contributed by atoms with van der Waals surface area (Å²) in [5.74, 6) is 0. The summed E-state index contributed by atoms with van der Waals surface area (Å²) in [6.45, 7) is 5.06. The van der Waals surface area contributed by atoms with E-state index < -0.39 is 0 Å². The molecule has 17 heavy (non-hydrogen) atoms. The van der Waals surface area contributed by atoms with Gasteiger partial charge in [-0.15, -0.1) is 0 Å². The van der Waals surface area contributed by atoms with E-state index in [0.29, 0.717) is 0 Å². The quantitative estimate of drug-likeness (QED) is 0.868. The molecule has 0 aliphatic carbocycles. The SMILES string of the molecule is Cc1cc(C)cc(CC(O)CC2CCCO2)c1.